The summed E-state index contributed by atoms with van der Waals surface area (Å²) in [5.74, 6) is -2.25. The number of aliphatic carboxylic acids is 1. The Balaban J connectivity index is 1.40. The van der Waals surface area contributed by atoms with Crippen LogP contribution in [0.4, 0.5) is 9.59 Å². The van der Waals surface area contributed by atoms with Crippen LogP contribution in [0.2, 0.25) is 0 Å². The minimum atomic E-state index is -1.39. The fourth-order valence-corrected chi connectivity index (χ4v) is 5.87. The number of benzene rings is 3. The topological polar surface area (TPSA) is 145 Å². The van der Waals surface area contributed by atoms with E-state index in [1.165, 1.54) is 4.57 Å². The van der Waals surface area contributed by atoms with Gasteiger partial charge in [-0.3, -0.25) is 9.36 Å². The number of fused-ring (bicyclic) bond motifs is 4. The van der Waals surface area contributed by atoms with E-state index in [0.29, 0.717) is 16.5 Å². The minimum absolute atomic E-state index is 0.0172. The molecule has 3 aromatic carbocycles. The summed E-state index contributed by atoms with van der Waals surface area (Å²) in [5, 5.41) is 15.7. The zero-order valence-corrected chi connectivity index (χ0v) is 28.6. The molecule has 1 aliphatic rings. The summed E-state index contributed by atoms with van der Waals surface area (Å²) >= 11 is 0. The van der Waals surface area contributed by atoms with E-state index in [-0.39, 0.29) is 25.6 Å². The van der Waals surface area contributed by atoms with Crippen LogP contribution in [-0.2, 0) is 30.2 Å². The molecule has 11 heteroatoms. The summed E-state index contributed by atoms with van der Waals surface area (Å²) in [6, 6.07) is 20.3. The Morgan fingerprint density at radius 1 is 0.796 bits per heavy atom. The third kappa shape index (κ3) is 8.47. The number of rotatable bonds is 10. The molecule has 0 spiro atoms. The van der Waals surface area contributed by atoms with Crippen molar-refractivity contribution in [1.29, 1.82) is 0 Å². The maximum absolute atomic E-state index is 13.8. The largest absolute Gasteiger partial charge is 0.480 e. The second kappa shape index (κ2) is 14.1. The van der Waals surface area contributed by atoms with E-state index < -0.39 is 47.3 Å². The van der Waals surface area contributed by atoms with Crippen LogP contribution in [0.5, 0.6) is 0 Å². The molecule has 2 amide bonds. The number of para-hydroxylation sites is 1. The van der Waals surface area contributed by atoms with Gasteiger partial charge in [0.25, 0.3) is 0 Å². The Morgan fingerprint density at radius 3 is 1.98 bits per heavy atom. The van der Waals surface area contributed by atoms with Crippen molar-refractivity contribution in [3.8, 4) is 11.1 Å². The number of hydrogen-bond donors (Lipinski definition) is 3. The lowest BCUT2D eigenvalue weighted by molar-refractivity contribution is -0.145. The monoisotopic (exact) mass is 669 g/mol. The number of carboxylic acid groups (broad SMARTS) is 1. The van der Waals surface area contributed by atoms with E-state index in [1.54, 1.807) is 72.0 Å². The lowest BCUT2D eigenvalue weighted by atomic mass is 9.98. The number of carbonyl (C=O) groups is 4. The number of hydrogen-bond acceptors (Lipinski definition) is 7. The molecule has 49 heavy (non-hydrogen) atoms. The first-order chi connectivity index (χ1) is 23.1. The zero-order chi connectivity index (χ0) is 35.5. The van der Waals surface area contributed by atoms with Crippen molar-refractivity contribution in [3.63, 3.8) is 0 Å². The maximum atomic E-state index is 13.8. The fraction of sp³-hybridized carbons (Fsp3) is 0.368. The summed E-state index contributed by atoms with van der Waals surface area (Å²) in [6.45, 7) is 10.3. The molecular weight excluding hydrogens is 626 g/mol. The van der Waals surface area contributed by atoms with Crippen molar-refractivity contribution in [2.24, 2.45) is 0 Å². The Labute approximate surface area is 285 Å². The molecule has 2 atom stereocenters. The molecule has 0 radical (unpaired) electrons. The van der Waals surface area contributed by atoms with Crippen LogP contribution in [0.3, 0.4) is 0 Å². The highest BCUT2D eigenvalue weighted by atomic mass is 16.6. The van der Waals surface area contributed by atoms with Gasteiger partial charge in [0, 0.05) is 23.9 Å². The molecule has 1 heterocycles. The Bertz CT molecular complexity index is 1820. The summed E-state index contributed by atoms with van der Waals surface area (Å²) in [5.41, 5.74) is 3.91. The highest BCUT2D eigenvalue weighted by Gasteiger charge is 2.32. The van der Waals surface area contributed by atoms with Crippen molar-refractivity contribution in [1.82, 2.24) is 15.2 Å². The van der Waals surface area contributed by atoms with Crippen molar-refractivity contribution < 1.29 is 38.5 Å². The molecule has 4 aromatic rings. The fourth-order valence-electron chi connectivity index (χ4n) is 5.87. The first-order valence-electron chi connectivity index (χ1n) is 16.2. The van der Waals surface area contributed by atoms with Gasteiger partial charge in [-0.05, 0) is 75.4 Å². The van der Waals surface area contributed by atoms with E-state index in [4.69, 9.17) is 14.2 Å². The molecule has 0 saturated heterocycles. The number of carboxylic acids is 1. The zero-order valence-electron chi connectivity index (χ0n) is 28.6. The average molecular weight is 670 g/mol. The molecular formula is C38H43N3O8. The molecule has 258 valence electrons. The number of nitrogens with one attached hydrogen (secondary N) is 2. The number of amides is 2. The second-order valence-electron chi connectivity index (χ2n) is 14.1. The summed E-state index contributed by atoms with van der Waals surface area (Å²) in [4.78, 5) is 52.4. The van der Waals surface area contributed by atoms with Gasteiger partial charge in [-0.2, -0.15) is 0 Å². The molecule has 0 aliphatic heterocycles. The third-order valence-electron chi connectivity index (χ3n) is 8.06. The van der Waals surface area contributed by atoms with Crippen LogP contribution in [0.15, 0.2) is 79.0 Å². The van der Waals surface area contributed by atoms with Gasteiger partial charge in [-0.1, -0.05) is 66.7 Å². The Hall–Kier alpha value is -5.16. The first-order valence-corrected chi connectivity index (χ1v) is 16.2. The van der Waals surface area contributed by atoms with Crippen LogP contribution >= 0.6 is 0 Å². The maximum Gasteiger partial charge on any atom is 0.419 e. The van der Waals surface area contributed by atoms with Gasteiger partial charge < -0.3 is 30.0 Å². The lowest BCUT2D eigenvalue weighted by Gasteiger charge is -2.25. The van der Waals surface area contributed by atoms with Crippen molar-refractivity contribution in [2.45, 2.75) is 77.2 Å². The van der Waals surface area contributed by atoms with Crippen LogP contribution in [0.1, 0.15) is 64.2 Å². The Kier molecular flexibility index (Phi) is 10.1. The quantitative estimate of drug-likeness (QED) is 0.180. The van der Waals surface area contributed by atoms with E-state index in [2.05, 4.69) is 10.6 Å². The van der Waals surface area contributed by atoms with Crippen LogP contribution < -0.4 is 10.6 Å². The average Bonchev–Trinajstić information content (AvgIpc) is 3.56. The summed E-state index contributed by atoms with van der Waals surface area (Å²) < 4.78 is 18.3. The van der Waals surface area contributed by atoms with Gasteiger partial charge in [-0.15, -0.1) is 0 Å². The van der Waals surface area contributed by atoms with Crippen molar-refractivity contribution >= 4 is 35.0 Å². The molecule has 0 saturated carbocycles. The number of ether oxygens (including phenoxy) is 3. The minimum Gasteiger partial charge on any atom is -0.480 e. The smallest absolute Gasteiger partial charge is 0.419 e. The number of aromatic nitrogens is 1. The lowest BCUT2D eigenvalue weighted by Crippen LogP contribution is -2.54. The van der Waals surface area contributed by atoms with Gasteiger partial charge in [-0.25, -0.2) is 14.4 Å². The van der Waals surface area contributed by atoms with E-state index in [9.17, 15) is 24.3 Å². The molecule has 0 bridgehead atoms. The molecule has 1 aliphatic carbocycles. The van der Waals surface area contributed by atoms with Gasteiger partial charge in [0.1, 0.15) is 18.2 Å². The number of alkyl carbamates (subject to hydrolysis) is 1. The van der Waals surface area contributed by atoms with Crippen LogP contribution in [-0.4, -0.2) is 70.2 Å². The van der Waals surface area contributed by atoms with Crippen molar-refractivity contribution in [3.05, 3.63) is 95.7 Å². The normalized spacial score (nSPS) is 14.0. The second-order valence-corrected chi connectivity index (χ2v) is 14.1. The predicted octanol–water partition coefficient (Wildman–Crippen LogP) is 6.26. The predicted molar refractivity (Wildman–Crippen MR) is 185 cm³/mol. The van der Waals surface area contributed by atoms with Crippen molar-refractivity contribution in [2.75, 3.05) is 13.2 Å². The SMILES string of the molecule is CC(C)(C)OC[C@H](NC(=O)[C@H](Cc1cn(C(=O)OC(C)(C)C)c2ccccc12)NC(=O)OCC1c2ccccc2-c2ccccc21)C(=O)O. The van der Waals surface area contributed by atoms with Crippen LogP contribution in [0, 0.1) is 0 Å². The highest BCUT2D eigenvalue weighted by molar-refractivity contribution is 5.94. The summed E-state index contributed by atoms with van der Waals surface area (Å²) in [6.07, 6.45) is 0.0238. The van der Waals surface area contributed by atoms with Gasteiger partial charge in [0.2, 0.25) is 5.91 Å². The molecule has 0 unspecified atom stereocenters. The number of carbonyl (C=O) groups excluding carboxylic acids is 3. The Morgan fingerprint density at radius 2 is 1.39 bits per heavy atom. The standard InChI is InChI=1S/C38H43N3O8/c1-37(2,3)48-22-31(34(43)44)39-33(42)30(19-23-20-41(36(46)49-38(4,5)6)32-18-12-11-13-24(23)32)40-35(45)47-21-29-27-16-9-7-14-25(27)26-15-8-10-17-28(26)29/h7-18,20,29-31H,19,21-22H2,1-6H3,(H,39,42)(H,40,45)(H,43,44)/t30-,31-/m0/s1. The third-order valence-corrected chi connectivity index (χ3v) is 8.06. The number of nitrogens with zero attached hydrogens (tertiary/aromatic N) is 1. The van der Waals surface area contributed by atoms with E-state index >= 15 is 0 Å². The van der Waals surface area contributed by atoms with E-state index in [0.717, 1.165) is 22.3 Å². The highest BCUT2D eigenvalue weighted by Crippen LogP contribution is 2.44. The molecule has 0 fully saturated rings. The molecule has 1 aromatic heterocycles. The van der Waals surface area contributed by atoms with E-state index in [1.807, 2.05) is 48.5 Å². The molecule has 11 nitrogen and oxygen atoms in total. The van der Waals surface area contributed by atoms with Gasteiger partial charge >= 0.3 is 18.2 Å². The molecule has 5 rings (SSSR count). The van der Waals surface area contributed by atoms with Crippen LogP contribution in [0.25, 0.3) is 22.0 Å². The van der Waals surface area contributed by atoms with Gasteiger partial charge in [0.05, 0.1) is 17.7 Å². The summed E-state index contributed by atoms with van der Waals surface area (Å²) in [7, 11) is 0. The molecule has 3 N–H and O–H groups in total. The van der Waals surface area contributed by atoms with Gasteiger partial charge in [0.15, 0.2) is 6.04 Å². The first kappa shape index (κ1) is 35.2.